The summed E-state index contributed by atoms with van der Waals surface area (Å²) >= 11 is 0. The maximum Gasteiger partial charge on any atom is 0.332 e. The maximum absolute atomic E-state index is 12.0. The Morgan fingerprint density at radius 3 is 2.42 bits per heavy atom. The molecule has 0 saturated heterocycles. The third-order valence-electron chi connectivity index (χ3n) is 3.12. The molecule has 0 aliphatic heterocycles. The second-order valence-electron chi connectivity index (χ2n) is 4.54. The van der Waals surface area contributed by atoms with Gasteiger partial charge in [-0.2, -0.15) is 0 Å². The Balaban J connectivity index is 0.00000180. The highest BCUT2D eigenvalue weighted by Gasteiger charge is 2.24. The zero-order chi connectivity index (χ0) is 13.4. The maximum atomic E-state index is 12.0. The number of ketones is 1. The summed E-state index contributed by atoms with van der Waals surface area (Å²) in [6.45, 7) is 0.0717. The van der Waals surface area contributed by atoms with Gasteiger partial charge in [0.2, 0.25) is 0 Å². The minimum atomic E-state index is -0.641. The number of nitrogens with zero attached hydrogens (tertiary/aromatic N) is 2. The predicted octanol–water partition coefficient (Wildman–Crippen LogP) is -0.977. The van der Waals surface area contributed by atoms with Gasteiger partial charge < -0.3 is 11.1 Å². The fraction of sp³-hybridized carbons (Fsp3) is 0.545. The van der Waals surface area contributed by atoms with Gasteiger partial charge in [0.05, 0.1) is 6.54 Å². The zero-order valence-electron chi connectivity index (χ0n) is 10.8. The fourth-order valence-electron chi connectivity index (χ4n) is 1.73. The van der Waals surface area contributed by atoms with Gasteiger partial charge in [-0.3, -0.25) is 18.7 Å². The number of carbonyl (C=O) groups is 1. The summed E-state index contributed by atoms with van der Waals surface area (Å²) in [6, 6.07) is 0.367. The number of nitrogen functional groups attached to an aromatic ring is 1. The molecule has 1 saturated carbocycles. The molecule has 0 amide bonds. The van der Waals surface area contributed by atoms with E-state index in [1.165, 1.54) is 14.1 Å². The van der Waals surface area contributed by atoms with Crippen LogP contribution in [-0.2, 0) is 14.1 Å². The van der Waals surface area contributed by atoms with Gasteiger partial charge in [-0.05, 0) is 12.8 Å². The van der Waals surface area contributed by atoms with Gasteiger partial charge in [0.25, 0.3) is 5.56 Å². The first-order valence-electron chi connectivity index (χ1n) is 5.75. The molecule has 0 unspecified atom stereocenters. The summed E-state index contributed by atoms with van der Waals surface area (Å²) in [5, 5.41) is 3.02. The van der Waals surface area contributed by atoms with Crippen LogP contribution >= 0.6 is 12.4 Å². The molecule has 106 valence electrons. The van der Waals surface area contributed by atoms with E-state index in [9.17, 15) is 14.4 Å². The first-order chi connectivity index (χ1) is 8.43. The standard InChI is InChI=1S/C11H16N4O3.ClH/c1-14-9(12)8(10(17)15(2)11(14)18)7(16)5-13-6-3-4-6;/h6,13H,3-5,12H2,1-2H3;1H. The lowest BCUT2D eigenvalue weighted by atomic mass is 10.2. The van der Waals surface area contributed by atoms with Crippen molar-refractivity contribution in [2.24, 2.45) is 14.1 Å². The largest absolute Gasteiger partial charge is 0.384 e. The number of carbonyl (C=O) groups excluding carboxylic acids is 1. The molecule has 1 aliphatic carbocycles. The first kappa shape index (κ1) is 15.5. The van der Waals surface area contributed by atoms with Crippen molar-refractivity contribution in [3.63, 3.8) is 0 Å². The van der Waals surface area contributed by atoms with Gasteiger partial charge in [0, 0.05) is 20.1 Å². The number of halogens is 1. The van der Waals surface area contributed by atoms with Crippen LogP contribution in [0.25, 0.3) is 0 Å². The number of rotatable bonds is 4. The minimum Gasteiger partial charge on any atom is -0.384 e. The molecule has 1 heterocycles. The zero-order valence-corrected chi connectivity index (χ0v) is 11.6. The molecule has 0 atom stereocenters. The molecule has 2 rings (SSSR count). The molecular weight excluding hydrogens is 272 g/mol. The number of hydrogen-bond donors (Lipinski definition) is 2. The molecule has 0 aromatic carbocycles. The van der Waals surface area contributed by atoms with Crippen LogP contribution in [0.4, 0.5) is 5.82 Å². The lowest BCUT2D eigenvalue weighted by Crippen LogP contribution is -2.43. The highest BCUT2D eigenvalue weighted by atomic mass is 35.5. The van der Waals surface area contributed by atoms with E-state index in [2.05, 4.69) is 5.32 Å². The third-order valence-corrected chi connectivity index (χ3v) is 3.12. The first-order valence-corrected chi connectivity index (χ1v) is 5.75. The second kappa shape index (κ2) is 5.58. The Morgan fingerprint density at radius 2 is 1.89 bits per heavy atom. The predicted molar refractivity (Wildman–Crippen MR) is 73.9 cm³/mol. The van der Waals surface area contributed by atoms with Crippen molar-refractivity contribution in [1.29, 1.82) is 0 Å². The molecule has 0 bridgehead atoms. The molecule has 1 aliphatic rings. The van der Waals surface area contributed by atoms with Gasteiger partial charge in [0.1, 0.15) is 11.4 Å². The third kappa shape index (κ3) is 2.87. The normalized spacial score (nSPS) is 14.0. The van der Waals surface area contributed by atoms with Gasteiger partial charge >= 0.3 is 5.69 Å². The molecule has 19 heavy (non-hydrogen) atoms. The van der Waals surface area contributed by atoms with E-state index >= 15 is 0 Å². The van der Waals surface area contributed by atoms with Crippen LogP contribution < -0.4 is 22.3 Å². The molecule has 1 aromatic rings. The van der Waals surface area contributed by atoms with Crippen LogP contribution in [0.3, 0.4) is 0 Å². The van der Waals surface area contributed by atoms with Crippen LogP contribution in [-0.4, -0.2) is 27.5 Å². The van der Waals surface area contributed by atoms with Crippen LogP contribution in [0.15, 0.2) is 9.59 Å². The summed E-state index contributed by atoms with van der Waals surface area (Å²) in [5.41, 5.74) is 4.38. The molecule has 7 nitrogen and oxygen atoms in total. The Kier molecular flexibility index (Phi) is 4.54. The number of aromatic nitrogens is 2. The van der Waals surface area contributed by atoms with Crippen molar-refractivity contribution in [3.05, 3.63) is 26.4 Å². The molecule has 3 N–H and O–H groups in total. The van der Waals surface area contributed by atoms with Crippen molar-refractivity contribution in [3.8, 4) is 0 Å². The highest BCUT2D eigenvalue weighted by molar-refractivity contribution is 6.01. The molecule has 1 fully saturated rings. The molecule has 0 spiro atoms. The number of Topliss-reactive ketones (excluding diaryl/α,β-unsaturated/α-hetero) is 1. The van der Waals surface area contributed by atoms with Crippen LogP contribution in [0.5, 0.6) is 0 Å². The van der Waals surface area contributed by atoms with Crippen molar-refractivity contribution >= 4 is 24.0 Å². The number of hydrogen-bond acceptors (Lipinski definition) is 5. The minimum absolute atomic E-state index is 0. The van der Waals surface area contributed by atoms with Gasteiger partial charge in [-0.15, -0.1) is 12.4 Å². The highest BCUT2D eigenvalue weighted by Crippen LogP contribution is 2.18. The molecule has 0 radical (unpaired) electrons. The lowest BCUT2D eigenvalue weighted by Gasteiger charge is -2.10. The van der Waals surface area contributed by atoms with Crippen molar-refractivity contribution < 1.29 is 4.79 Å². The second-order valence-corrected chi connectivity index (χ2v) is 4.54. The summed E-state index contributed by atoms with van der Waals surface area (Å²) < 4.78 is 1.99. The van der Waals surface area contributed by atoms with Gasteiger partial charge in [-0.1, -0.05) is 0 Å². The van der Waals surface area contributed by atoms with E-state index in [1.807, 2.05) is 0 Å². The van der Waals surface area contributed by atoms with Crippen LogP contribution in [0, 0.1) is 0 Å². The van der Waals surface area contributed by atoms with E-state index in [-0.39, 0.29) is 36.1 Å². The van der Waals surface area contributed by atoms with E-state index in [0.717, 1.165) is 22.0 Å². The topological polar surface area (TPSA) is 99.1 Å². The molecular formula is C11H17ClN4O3. The number of anilines is 1. The van der Waals surface area contributed by atoms with Crippen LogP contribution in [0.1, 0.15) is 23.2 Å². The van der Waals surface area contributed by atoms with E-state index in [0.29, 0.717) is 6.04 Å². The molecule has 8 heteroatoms. The average molecular weight is 289 g/mol. The van der Waals surface area contributed by atoms with Gasteiger partial charge in [-0.25, -0.2) is 4.79 Å². The van der Waals surface area contributed by atoms with Crippen molar-refractivity contribution in [2.75, 3.05) is 12.3 Å². The quantitative estimate of drug-likeness (QED) is 0.694. The van der Waals surface area contributed by atoms with Crippen molar-refractivity contribution in [1.82, 2.24) is 14.5 Å². The Hall–Kier alpha value is -1.60. The van der Waals surface area contributed by atoms with E-state index < -0.39 is 11.2 Å². The van der Waals surface area contributed by atoms with Crippen molar-refractivity contribution in [2.45, 2.75) is 18.9 Å². The summed E-state index contributed by atoms with van der Waals surface area (Å²) in [7, 11) is 2.76. The SMILES string of the molecule is Cl.Cn1c(N)c(C(=O)CNC2CC2)c(=O)n(C)c1=O. The van der Waals surface area contributed by atoms with E-state index in [4.69, 9.17) is 5.73 Å². The van der Waals surface area contributed by atoms with E-state index in [1.54, 1.807) is 0 Å². The summed E-state index contributed by atoms with van der Waals surface area (Å²) in [6.07, 6.45) is 2.10. The molecule has 1 aromatic heterocycles. The lowest BCUT2D eigenvalue weighted by molar-refractivity contribution is 0.0988. The Morgan fingerprint density at radius 1 is 1.32 bits per heavy atom. The average Bonchev–Trinajstić information content (AvgIpc) is 3.15. The number of nitrogens with one attached hydrogen (secondary N) is 1. The summed E-state index contributed by atoms with van der Waals surface area (Å²) in [5.74, 6) is -0.457. The summed E-state index contributed by atoms with van der Waals surface area (Å²) in [4.78, 5) is 35.4. The smallest absolute Gasteiger partial charge is 0.332 e. The van der Waals surface area contributed by atoms with Gasteiger partial charge in [0.15, 0.2) is 5.78 Å². The Labute approximate surface area is 115 Å². The number of nitrogens with two attached hydrogens (primary N) is 1. The monoisotopic (exact) mass is 288 g/mol. The van der Waals surface area contributed by atoms with Crippen LogP contribution in [0.2, 0.25) is 0 Å². The Bertz CT molecular complexity index is 616. The fourth-order valence-corrected chi connectivity index (χ4v) is 1.73.